The number of hydrogen-bond acceptors (Lipinski definition) is 5. The van der Waals surface area contributed by atoms with Crippen LogP contribution >= 0.6 is 27.3 Å². The summed E-state index contributed by atoms with van der Waals surface area (Å²) in [5, 5.41) is 2.88. The first-order valence-corrected chi connectivity index (χ1v) is 11.9. The van der Waals surface area contributed by atoms with E-state index in [0.29, 0.717) is 12.2 Å². The monoisotopic (exact) mass is 498 g/mol. The quantitative estimate of drug-likeness (QED) is 0.335. The summed E-state index contributed by atoms with van der Waals surface area (Å²) in [5.41, 5.74) is 3.58. The summed E-state index contributed by atoms with van der Waals surface area (Å²) < 4.78 is 13.5. The second-order valence-corrected chi connectivity index (χ2v) is 7.44. The van der Waals surface area contributed by atoms with Crippen LogP contribution < -0.4 is 0 Å². The lowest BCUT2D eigenvalue weighted by molar-refractivity contribution is 0.0484. The Morgan fingerprint density at radius 3 is 2.43 bits per heavy atom. The van der Waals surface area contributed by atoms with Crippen LogP contribution in [0.1, 0.15) is 74.3 Å². The predicted octanol–water partition coefficient (Wildman–Crippen LogP) is 7.26. The van der Waals surface area contributed by atoms with Gasteiger partial charge in [0.15, 0.2) is 0 Å². The van der Waals surface area contributed by atoms with Crippen molar-refractivity contribution in [3.8, 4) is 0 Å². The first-order chi connectivity index (χ1) is 14.5. The van der Waals surface area contributed by atoms with Gasteiger partial charge in [-0.1, -0.05) is 27.7 Å². The summed E-state index contributed by atoms with van der Waals surface area (Å²) in [6.07, 6.45) is 4.50. The molecule has 3 aromatic rings. The van der Waals surface area contributed by atoms with E-state index in [9.17, 15) is 4.79 Å². The molecule has 0 aliphatic carbocycles. The Bertz CT molecular complexity index is 846. The molecule has 7 heteroatoms. The fourth-order valence-corrected chi connectivity index (χ4v) is 3.54. The Morgan fingerprint density at radius 1 is 1.30 bits per heavy atom. The summed E-state index contributed by atoms with van der Waals surface area (Å²) in [5.74, 6) is 0. The Balaban J connectivity index is 0.000000924. The maximum Gasteiger partial charge on any atom is 0.150 e. The average Bonchev–Trinajstić information content (AvgIpc) is 3.44. The van der Waals surface area contributed by atoms with E-state index in [1.54, 1.807) is 24.6 Å². The lowest BCUT2D eigenvalue weighted by Crippen LogP contribution is -2.10. The van der Waals surface area contributed by atoms with Crippen molar-refractivity contribution >= 4 is 39.1 Å². The molecular formula is C23H35BrN2O3S. The largest absolute Gasteiger partial charge is 0.385 e. The number of carbonyl (C=O) groups is 1. The molecule has 0 aromatic carbocycles. The SMILES string of the molecule is CC.CC.CCOC.Cc1c(C=O)cc2c(Br)ccn2c1C(C)OCc1nccs1. The molecule has 0 bridgehead atoms. The van der Waals surface area contributed by atoms with Crippen molar-refractivity contribution < 1.29 is 14.3 Å². The van der Waals surface area contributed by atoms with E-state index in [2.05, 4.69) is 30.1 Å². The van der Waals surface area contributed by atoms with Crippen LogP contribution in [-0.2, 0) is 16.1 Å². The van der Waals surface area contributed by atoms with Crippen LogP contribution in [0, 0.1) is 6.92 Å². The molecule has 3 rings (SSSR count). The molecule has 1 atom stereocenters. The number of nitrogens with zero attached hydrogens (tertiary/aromatic N) is 2. The molecular weight excluding hydrogens is 464 g/mol. The van der Waals surface area contributed by atoms with Gasteiger partial charge in [0.25, 0.3) is 0 Å². The second kappa shape index (κ2) is 16.2. The standard InChI is InChI=1S/C16H15BrN2O2S.C3H8O.2C2H6/c1-10-12(8-20)7-14-13(17)3-5-19(14)16(10)11(2)21-9-15-18-4-6-22-15;1-3-4-2;2*1-2/h3-8,11H,9H2,1-2H3;3H2,1-2H3;2*1-2H3. The van der Waals surface area contributed by atoms with Gasteiger partial charge in [-0.2, -0.15) is 0 Å². The van der Waals surface area contributed by atoms with E-state index in [0.717, 1.165) is 39.1 Å². The molecule has 0 fully saturated rings. The topological polar surface area (TPSA) is 52.8 Å². The highest BCUT2D eigenvalue weighted by molar-refractivity contribution is 9.10. The van der Waals surface area contributed by atoms with Crippen LogP contribution in [0.25, 0.3) is 5.52 Å². The number of ether oxygens (including phenoxy) is 2. The maximum atomic E-state index is 11.3. The summed E-state index contributed by atoms with van der Waals surface area (Å²) in [4.78, 5) is 15.6. The van der Waals surface area contributed by atoms with E-state index in [1.807, 2.05) is 72.2 Å². The molecule has 0 N–H and O–H groups in total. The van der Waals surface area contributed by atoms with Gasteiger partial charge in [-0.15, -0.1) is 11.3 Å². The van der Waals surface area contributed by atoms with Gasteiger partial charge in [-0.05, 0) is 54.4 Å². The third kappa shape index (κ3) is 7.95. The molecule has 0 spiro atoms. The minimum Gasteiger partial charge on any atom is -0.385 e. The number of aromatic nitrogens is 2. The zero-order chi connectivity index (χ0) is 23.1. The van der Waals surface area contributed by atoms with Gasteiger partial charge in [0, 0.05) is 41.5 Å². The Morgan fingerprint density at radius 2 is 1.93 bits per heavy atom. The number of thiazole rings is 1. The van der Waals surface area contributed by atoms with Crippen molar-refractivity contribution in [2.45, 2.75) is 61.2 Å². The van der Waals surface area contributed by atoms with Crippen LogP contribution in [0.5, 0.6) is 0 Å². The van der Waals surface area contributed by atoms with Gasteiger partial charge in [0.05, 0.1) is 23.9 Å². The zero-order valence-electron chi connectivity index (χ0n) is 19.4. The number of aldehydes is 1. The molecule has 168 valence electrons. The van der Waals surface area contributed by atoms with Gasteiger partial charge in [0.2, 0.25) is 0 Å². The minimum absolute atomic E-state index is 0.148. The predicted molar refractivity (Wildman–Crippen MR) is 131 cm³/mol. The summed E-state index contributed by atoms with van der Waals surface area (Å²) in [6.45, 7) is 15.2. The van der Waals surface area contributed by atoms with Gasteiger partial charge in [-0.3, -0.25) is 4.79 Å². The summed E-state index contributed by atoms with van der Waals surface area (Å²) >= 11 is 5.10. The molecule has 0 saturated carbocycles. The molecule has 0 aliphatic heterocycles. The highest BCUT2D eigenvalue weighted by Crippen LogP contribution is 2.30. The minimum atomic E-state index is -0.148. The molecule has 0 radical (unpaired) electrons. The number of pyridine rings is 1. The smallest absolute Gasteiger partial charge is 0.150 e. The number of halogens is 1. The van der Waals surface area contributed by atoms with Gasteiger partial charge in [-0.25, -0.2) is 4.98 Å². The lowest BCUT2D eigenvalue weighted by Gasteiger charge is -2.19. The average molecular weight is 500 g/mol. The molecule has 0 amide bonds. The molecule has 0 saturated heterocycles. The van der Waals surface area contributed by atoms with Crippen molar-refractivity contribution in [2.75, 3.05) is 13.7 Å². The van der Waals surface area contributed by atoms with Crippen LogP contribution in [-0.4, -0.2) is 29.4 Å². The van der Waals surface area contributed by atoms with Crippen molar-refractivity contribution in [1.29, 1.82) is 0 Å². The Hall–Kier alpha value is -1.54. The molecule has 0 aliphatic rings. The molecule has 3 aromatic heterocycles. The maximum absolute atomic E-state index is 11.3. The summed E-state index contributed by atoms with van der Waals surface area (Å²) in [6, 6.07) is 3.86. The summed E-state index contributed by atoms with van der Waals surface area (Å²) in [7, 11) is 1.68. The van der Waals surface area contributed by atoms with Crippen LogP contribution in [0.15, 0.2) is 34.4 Å². The van der Waals surface area contributed by atoms with Crippen molar-refractivity contribution in [1.82, 2.24) is 9.38 Å². The molecule has 30 heavy (non-hydrogen) atoms. The van der Waals surface area contributed by atoms with E-state index in [4.69, 9.17) is 4.74 Å². The third-order valence-electron chi connectivity index (χ3n) is 3.98. The van der Waals surface area contributed by atoms with Crippen molar-refractivity contribution in [3.63, 3.8) is 0 Å². The molecule has 1 unspecified atom stereocenters. The normalized spacial score (nSPS) is 10.7. The Labute approximate surface area is 193 Å². The van der Waals surface area contributed by atoms with E-state index >= 15 is 0 Å². The lowest BCUT2D eigenvalue weighted by atomic mass is 10.0. The van der Waals surface area contributed by atoms with Crippen molar-refractivity contribution in [3.05, 3.63) is 56.2 Å². The van der Waals surface area contributed by atoms with Gasteiger partial charge < -0.3 is 13.9 Å². The van der Waals surface area contributed by atoms with E-state index in [1.165, 1.54) is 0 Å². The number of carbonyl (C=O) groups excluding carboxylic acids is 1. The van der Waals surface area contributed by atoms with E-state index < -0.39 is 0 Å². The van der Waals surface area contributed by atoms with Crippen LogP contribution in [0.4, 0.5) is 0 Å². The van der Waals surface area contributed by atoms with Crippen LogP contribution in [0.2, 0.25) is 0 Å². The van der Waals surface area contributed by atoms with Crippen molar-refractivity contribution in [2.24, 2.45) is 0 Å². The zero-order valence-corrected chi connectivity index (χ0v) is 21.8. The van der Waals surface area contributed by atoms with E-state index in [-0.39, 0.29) is 6.10 Å². The second-order valence-electron chi connectivity index (χ2n) is 5.60. The fraction of sp³-hybridized carbons (Fsp3) is 0.478. The van der Waals surface area contributed by atoms with Gasteiger partial charge >= 0.3 is 0 Å². The molecule has 3 heterocycles. The molecule has 5 nitrogen and oxygen atoms in total. The number of fused-ring (bicyclic) bond motifs is 1. The Kier molecular flexibility index (Phi) is 15.4. The third-order valence-corrected chi connectivity index (χ3v) is 5.41. The highest BCUT2D eigenvalue weighted by Gasteiger charge is 2.18. The number of hydrogen-bond donors (Lipinski definition) is 0. The fourth-order valence-electron chi connectivity index (χ4n) is 2.58. The van der Waals surface area contributed by atoms with Gasteiger partial charge in [0.1, 0.15) is 11.3 Å². The highest BCUT2D eigenvalue weighted by atomic mass is 79.9. The van der Waals surface area contributed by atoms with Crippen LogP contribution in [0.3, 0.4) is 0 Å². The first kappa shape index (κ1) is 28.5. The first-order valence-electron chi connectivity index (χ1n) is 10.3. The number of methoxy groups -OCH3 is 1. The number of rotatable bonds is 6.